The average molecular weight is 537 g/mol. The zero-order valence-corrected chi connectivity index (χ0v) is 22.3. The first kappa shape index (κ1) is 26.8. The summed E-state index contributed by atoms with van der Waals surface area (Å²) in [7, 11) is 0. The van der Waals surface area contributed by atoms with E-state index in [1.807, 2.05) is 42.5 Å². The number of carbonyl (C=O) groups excluding carboxylic acids is 1. The maximum atomic E-state index is 13.6. The molecule has 0 atom stereocenters. The van der Waals surface area contributed by atoms with Crippen LogP contribution in [-0.4, -0.2) is 56.0 Å². The van der Waals surface area contributed by atoms with Crippen molar-refractivity contribution in [2.75, 3.05) is 18.4 Å². The molecule has 1 saturated heterocycles. The molecule has 1 aliphatic heterocycles. The summed E-state index contributed by atoms with van der Waals surface area (Å²) >= 11 is 0. The number of benzene rings is 3. The standard InChI is InChI=1S/C31H32N6O3/c1-22-34-35-30(40-22)24-9-5-11-26(19-24)33-16-13-29(32)37(31(39)25-10-6-12-28(38)20-25)27-14-17-36(18-15-27)21-23-7-3-2-4-8-23/h2-13,16,19-20,27,32-33,38H,14-15,17-18,21H2,1H3/b16-13-,32-29?. The molecule has 5 rings (SSSR count). The van der Waals surface area contributed by atoms with Crippen LogP contribution in [0.2, 0.25) is 0 Å². The van der Waals surface area contributed by atoms with Crippen molar-refractivity contribution in [2.24, 2.45) is 0 Å². The van der Waals surface area contributed by atoms with E-state index in [-0.39, 0.29) is 23.5 Å². The zero-order chi connectivity index (χ0) is 27.9. The molecular formula is C31H32N6O3. The minimum Gasteiger partial charge on any atom is -0.508 e. The Balaban J connectivity index is 1.29. The van der Waals surface area contributed by atoms with Gasteiger partial charge in [0.1, 0.15) is 11.6 Å². The van der Waals surface area contributed by atoms with E-state index < -0.39 is 0 Å². The molecule has 0 radical (unpaired) electrons. The molecule has 1 amide bonds. The SMILES string of the molecule is Cc1nnc(-c2cccc(N/C=C\C(=N)N(C(=O)c3cccc(O)c3)C3CCN(Cc4ccccc4)CC3)c2)o1. The molecule has 1 fully saturated rings. The highest BCUT2D eigenvalue weighted by Crippen LogP contribution is 2.24. The number of piperidine rings is 1. The Morgan fingerprint density at radius 2 is 1.85 bits per heavy atom. The Morgan fingerprint density at radius 3 is 2.58 bits per heavy atom. The number of nitrogens with zero attached hydrogens (tertiary/aromatic N) is 4. The number of hydrogen-bond donors (Lipinski definition) is 3. The van der Waals surface area contributed by atoms with Gasteiger partial charge in [0.05, 0.1) is 0 Å². The molecule has 0 aliphatic carbocycles. The topological polar surface area (TPSA) is 119 Å². The van der Waals surface area contributed by atoms with Crippen molar-refractivity contribution in [1.82, 2.24) is 20.0 Å². The zero-order valence-electron chi connectivity index (χ0n) is 22.3. The Labute approximate surface area is 233 Å². The molecule has 0 bridgehead atoms. The van der Waals surface area contributed by atoms with E-state index in [1.165, 1.54) is 17.7 Å². The summed E-state index contributed by atoms with van der Waals surface area (Å²) in [6, 6.07) is 24.0. The van der Waals surface area contributed by atoms with E-state index in [0.717, 1.165) is 43.7 Å². The lowest BCUT2D eigenvalue weighted by atomic mass is 10.0. The molecule has 9 heteroatoms. The third-order valence-corrected chi connectivity index (χ3v) is 6.87. The fraction of sp³-hybridized carbons (Fsp3) is 0.226. The van der Waals surface area contributed by atoms with Crippen LogP contribution in [0.25, 0.3) is 11.5 Å². The molecule has 4 aromatic rings. The summed E-state index contributed by atoms with van der Waals surface area (Å²) in [5, 5.41) is 29.9. The molecule has 2 heterocycles. The largest absolute Gasteiger partial charge is 0.508 e. The van der Waals surface area contributed by atoms with Crippen LogP contribution in [-0.2, 0) is 6.54 Å². The smallest absolute Gasteiger partial charge is 0.259 e. The lowest BCUT2D eigenvalue weighted by Crippen LogP contribution is -2.49. The average Bonchev–Trinajstić information content (AvgIpc) is 3.41. The minimum atomic E-state index is -0.305. The number of aryl methyl sites for hydroxylation is 1. The second kappa shape index (κ2) is 12.4. The van der Waals surface area contributed by atoms with Gasteiger partial charge in [-0.15, -0.1) is 10.2 Å². The molecule has 0 unspecified atom stereocenters. The lowest BCUT2D eigenvalue weighted by Gasteiger charge is -2.38. The maximum Gasteiger partial charge on any atom is 0.259 e. The van der Waals surface area contributed by atoms with Crippen LogP contribution in [0.4, 0.5) is 5.69 Å². The highest BCUT2D eigenvalue weighted by molar-refractivity contribution is 6.09. The number of aromatic hydroxyl groups is 1. The van der Waals surface area contributed by atoms with Gasteiger partial charge in [-0.05, 0) is 60.9 Å². The molecule has 40 heavy (non-hydrogen) atoms. The fourth-order valence-electron chi connectivity index (χ4n) is 4.88. The molecule has 0 saturated carbocycles. The van der Waals surface area contributed by atoms with Crippen LogP contribution in [0.1, 0.15) is 34.7 Å². The number of phenolic OH excluding ortho intramolecular Hbond substituents is 1. The summed E-state index contributed by atoms with van der Waals surface area (Å²) in [5.74, 6) is 0.707. The van der Waals surface area contributed by atoms with Crippen LogP contribution in [0.15, 0.2) is 95.6 Å². The molecule has 204 valence electrons. The third kappa shape index (κ3) is 6.62. The van der Waals surface area contributed by atoms with Crippen molar-refractivity contribution in [3.63, 3.8) is 0 Å². The van der Waals surface area contributed by atoms with E-state index in [9.17, 15) is 9.90 Å². The number of aromatic nitrogens is 2. The van der Waals surface area contributed by atoms with Crippen molar-refractivity contribution >= 4 is 17.4 Å². The van der Waals surface area contributed by atoms with Crippen molar-refractivity contribution in [3.8, 4) is 17.2 Å². The molecule has 1 aromatic heterocycles. The van der Waals surface area contributed by atoms with Crippen molar-refractivity contribution < 1.29 is 14.3 Å². The third-order valence-electron chi connectivity index (χ3n) is 6.87. The second-order valence-corrected chi connectivity index (χ2v) is 9.79. The van der Waals surface area contributed by atoms with Gasteiger partial charge in [-0.25, -0.2) is 0 Å². The van der Waals surface area contributed by atoms with E-state index in [2.05, 4.69) is 32.5 Å². The molecule has 3 N–H and O–H groups in total. The van der Waals surface area contributed by atoms with Crippen LogP contribution < -0.4 is 5.32 Å². The Bertz CT molecular complexity index is 1490. The molecule has 0 spiro atoms. The first-order valence-electron chi connectivity index (χ1n) is 13.3. The van der Waals surface area contributed by atoms with Gasteiger partial charge in [-0.2, -0.15) is 0 Å². The summed E-state index contributed by atoms with van der Waals surface area (Å²) in [6.07, 6.45) is 4.72. The lowest BCUT2D eigenvalue weighted by molar-refractivity contribution is 0.0729. The predicted octanol–water partition coefficient (Wildman–Crippen LogP) is 5.46. The predicted molar refractivity (Wildman–Crippen MR) is 154 cm³/mol. The van der Waals surface area contributed by atoms with Gasteiger partial charge in [0.15, 0.2) is 0 Å². The second-order valence-electron chi connectivity index (χ2n) is 9.79. The number of carbonyl (C=O) groups is 1. The van der Waals surface area contributed by atoms with E-state index >= 15 is 0 Å². The van der Waals surface area contributed by atoms with Crippen molar-refractivity contribution in [3.05, 3.63) is 108 Å². The summed E-state index contributed by atoms with van der Waals surface area (Å²) < 4.78 is 5.52. The Hall–Kier alpha value is -4.76. The van der Waals surface area contributed by atoms with Gasteiger partial charge < -0.3 is 14.8 Å². The summed E-state index contributed by atoms with van der Waals surface area (Å²) in [4.78, 5) is 17.6. The molecule has 9 nitrogen and oxygen atoms in total. The number of nitrogens with one attached hydrogen (secondary N) is 2. The number of rotatable bonds is 8. The summed E-state index contributed by atoms with van der Waals surface area (Å²) in [5.41, 5.74) is 3.16. The monoisotopic (exact) mass is 536 g/mol. The van der Waals surface area contributed by atoms with Crippen LogP contribution in [0.5, 0.6) is 5.75 Å². The molecule has 1 aliphatic rings. The molecule has 3 aromatic carbocycles. The highest BCUT2D eigenvalue weighted by Gasteiger charge is 2.31. The van der Waals surface area contributed by atoms with Gasteiger partial charge in [-0.1, -0.05) is 42.5 Å². The van der Waals surface area contributed by atoms with Gasteiger partial charge >= 0.3 is 0 Å². The fourth-order valence-corrected chi connectivity index (χ4v) is 4.88. The summed E-state index contributed by atoms with van der Waals surface area (Å²) in [6.45, 7) is 4.24. The number of phenols is 1. The minimum absolute atomic E-state index is 0.0172. The van der Waals surface area contributed by atoms with E-state index in [1.54, 1.807) is 36.2 Å². The van der Waals surface area contributed by atoms with Gasteiger partial charge in [0, 0.05) is 55.6 Å². The van der Waals surface area contributed by atoms with Crippen LogP contribution >= 0.6 is 0 Å². The molecular weight excluding hydrogens is 504 g/mol. The number of hydrogen-bond acceptors (Lipinski definition) is 8. The van der Waals surface area contributed by atoms with Gasteiger partial charge in [-0.3, -0.25) is 20.0 Å². The van der Waals surface area contributed by atoms with Crippen molar-refractivity contribution in [1.29, 1.82) is 5.41 Å². The van der Waals surface area contributed by atoms with Gasteiger partial charge in [0.2, 0.25) is 11.8 Å². The normalized spacial score (nSPS) is 14.3. The maximum absolute atomic E-state index is 13.6. The van der Waals surface area contributed by atoms with E-state index in [0.29, 0.717) is 17.3 Å². The van der Waals surface area contributed by atoms with Crippen LogP contribution in [0, 0.1) is 12.3 Å². The number of amides is 1. The number of likely N-dealkylation sites (tertiary alicyclic amines) is 1. The quantitative estimate of drug-likeness (QED) is 0.202. The highest BCUT2D eigenvalue weighted by atomic mass is 16.4. The number of amidine groups is 1. The van der Waals surface area contributed by atoms with E-state index in [4.69, 9.17) is 9.83 Å². The Morgan fingerprint density at radius 1 is 1.07 bits per heavy atom. The van der Waals surface area contributed by atoms with Gasteiger partial charge in [0.25, 0.3) is 5.91 Å². The first-order valence-corrected chi connectivity index (χ1v) is 13.3. The first-order chi connectivity index (χ1) is 19.5. The van der Waals surface area contributed by atoms with Crippen LogP contribution in [0.3, 0.4) is 0 Å². The number of anilines is 1. The Kier molecular flexibility index (Phi) is 8.32. The van der Waals surface area contributed by atoms with Crippen molar-refractivity contribution in [2.45, 2.75) is 32.4 Å².